The molecule has 3 nitrogen and oxygen atoms in total. The Labute approximate surface area is 112 Å². The molecule has 1 N–H and O–H groups in total. The van der Waals surface area contributed by atoms with Gasteiger partial charge in [0, 0.05) is 24.0 Å². The first-order chi connectivity index (χ1) is 8.85. The van der Waals surface area contributed by atoms with Crippen molar-refractivity contribution in [3.8, 4) is 10.7 Å². The Morgan fingerprint density at radius 1 is 1.33 bits per heavy atom. The zero-order valence-electron chi connectivity index (χ0n) is 10.9. The van der Waals surface area contributed by atoms with Crippen molar-refractivity contribution < 1.29 is 0 Å². The topological polar surface area (TPSA) is 37.8 Å². The number of hydrogen-bond donors (Lipinski definition) is 1. The first-order valence-corrected chi connectivity index (χ1v) is 7.32. The van der Waals surface area contributed by atoms with Crippen LogP contribution in [0, 0.1) is 0 Å². The Hall–Kier alpha value is -1.26. The summed E-state index contributed by atoms with van der Waals surface area (Å²) < 4.78 is 0. The average Bonchev–Trinajstić information content (AvgIpc) is 2.91. The van der Waals surface area contributed by atoms with Gasteiger partial charge in [0.15, 0.2) is 5.82 Å². The molecule has 2 rings (SSSR count). The van der Waals surface area contributed by atoms with E-state index in [1.54, 1.807) is 11.3 Å². The van der Waals surface area contributed by atoms with Gasteiger partial charge in [-0.2, -0.15) is 0 Å². The molecule has 0 aliphatic rings. The summed E-state index contributed by atoms with van der Waals surface area (Å²) in [4.78, 5) is 10.3. The summed E-state index contributed by atoms with van der Waals surface area (Å²) in [6.07, 6.45) is 4.09. The van der Waals surface area contributed by atoms with E-state index >= 15 is 0 Å². The third kappa shape index (κ3) is 3.15. The van der Waals surface area contributed by atoms with Crippen molar-refractivity contribution >= 4 is 11.3 Å². The van der Waals surface area contributed by atoms with Crippen LogP contribution in [0.4, 0.5) is 0 Å². The molecular weight excluding hydrogens is 242 g/mol. The fourth-order valence-electron chi connectivity index (χ4n) is 1.83. The van der Waals surface area contributed by atoms with Crippen molar-refractivity contribution in [2.24, 2.45) is 0 Å². The van der Waals surface area contributed by atoms with Gasteiger partial charge < -0.3 is 5.32 Å². The zero-order chi connectivity index (χ0) is 12.8. The molecule has 0 amide bonds. The van der Waals surface area contributed by atoms with Crippen molar-refractivity contribution in [1.29, 1.82) is 0 Å². The summed E-state index contributed by atoms with van der Waals surface area (Å²) in [5.74, 6) is 0.855. The van der Waals surface area contributed by atoms with Crippen LogP contribution in [0.3, 0.4) is 0 Å². The monoisotopic (exact) mass is 261 g/mol. The zero-order valence-corrected chi connectivity index (χ0v) is 11.8. The number of aromatic nitrogens is 2. The van der Waals surface area contributed by atoms with Crippen LogP contribution in [0.15, 0.2) is 23.7 Å². The molecule has 0 saturated carbocycles. The first-order valence-electron chi connectivity index (χ1n) is 6.44. The highest BCUT2D eigenvalue weighted by Crippen LogP contribution is 2.22. The molecule has 0 aromatic carbocycles. The Balaban J connectivity index is 2.27. The quantitative estimate of drug-likeness (QED) is 0.867. The SMILES string of the molecule is CCCc1nc(-c2cccs2)ncc1CNCC. The Morgan fingerprint density at radius 3 is 2.89 bits per heavy atom. The summed E-state index contributed by atoms with van der Waals surface area (Å²) in [6.45, 7) is 6.12. The van der Waals surface area contributed by atoms with Crippen LogP contribution in [-0.4, -0.2) is 16.5 Å². The van der Waals surface area contributed by atoms with Crippen LogP contribution >= 0.6 is 11.3 Å². The van der Waals surface area contributed by atoms with E-state index in [9.17, 15) is 0 Å². The molecule has 4 heteroatoms. The molecule has 96 valence electrons. The van der Waals surface area contributed by atoms with E-state index in [2.05, 4.69) is 35.6 Å². The van der Waals surface area contributed by atoms with Crippen molar-refractivity contribution in [3.05, 3.63) is 35.0 Å². The maximum absolute atomic E-state index is 4.72. The van der Waals surface area contributed by atoms with Gasteiger partial charge in [-0.25, -0.2) is 9.97 Å². The molecule has 0 atom stereocenters. The number of hydrogen-bond acceptors (Lipinski definition) is 4. The highest BCUT2D eigenvalue weighted by Gasteiger charge is 2.08. The molecule has 0 aliphatic carbocycles. The molecule has 18 heavy (non-hydrogen) atoms. The Morgan fingerprint density at radius 2 is 2.22 bits per heavy atom. The fourth-order valence-corrected chi connectivity index (χ4v) is 2.49. The van der Waals surface area contributed by atoms with Crippen LogP contribution in [0.2, 0.25) is 0 Å². The summed E-state index contributed by atoms with van der Waals surface area (Å²) in [5, 5.41) is 5.40. The molecule has 0 fully saturated rings. The number of aryl methyl sites for hydroxylation is 1. The highest BCUT2D eigenvalue weighted by molar-refractivity contribution is 7.13. The van der Waals surface area contributed by atoms with Crippen LogP contribution < -0.4 is 5.32 Å². The number of nitrogens with one attached hydrogen (secondary N) is 1. The van der Waals surface area contributed by atoms with Gasteiger partial charge >= 0.3 is 0 Å². The lowest BCUT2D eigenvalue weighted by Gasteiger charge is -2.09. The molecule has 0 spiro atoms. The van der Waals surface area contributed by atoms with Crippen molar-refractivity contribution in [3.63, 3.8) is 0 Å². The molecule has 0 aliphatic heterocycles. The van der Waals surface area contributed by atoms with E-state index in [0.29, 0.717) is 0 Å². The van der Waals surface area contributed by atoms with Gasteiger partial charge in [0.2, 0.25) is 0 Å². The van der Waals surface area contributed by atoms with E-state index < -0.39 is 0 Å². The summed E-state index contributed by atoms with van der Waals surface area (Å²) >= 11 is 1.69. The first kappa shape index (κ1) is 13.2. The lowest BCUT2D eigenvalue weighted by atomic mass is 10.1. The summed E-state index contributed by atoms with van der Waals surface area (Å²) in [7, 11) is 0. The van der Waals surface area contributed by atoms with E-state index in [1.165, 1.54) is 11.3 Å². The standard InChI is InChI=1S/C14H19N3S/c1-3-6-12-11(9-15-4-2)10-16-14(17-12)13-7-5-8-18-13/h5,7-8,10,15H,3-4,6,9H2,1-2H3. The second-order valence-electron chi connectivity index (χ2n) is 4.17. The van der Waals surface area contributed by atoms with Gasteiger partial charge in [0.25, 0.3) is 0 Å². The minimum absolute atomic E-state index is 0.855. The van der Waals surface area contributed by atoms with Gasteiger partial charge in [-0.15, -0.1) is 11.3 Å². The third-order valence-corrected chi connectivity index (χ3v) is 3.61. The predicted octanol–water partition coefficient (Wildman–Crippen LogP) is 3.27. The van der Waals surface area contributed by atoms with Crippen molar-refractivity contribution in [2.75, 3.05) is 6.54 Å². The molecule has 2 aromatic heterocycles. The van der Waals surface area contributed by atoms with Crippen LogP contribution in [0.25, 0.3) is 10.7 Å². The van der Waals surface area contributed by atoms with Gasteiger partial charge in [-0.3, -0.25) is 0 Å². The van der Waals surface area contributed by atoms with E-state index in [0.717, 1.165) is 36.6 Å². The summed E-state index contributed by atoms with van der Waals surface area (Å²) in [5.41, 5.74) is 2.40. The third-order valence-electron chi connectivity index (χ3n) is 2.75. The molecule has 0 bridgehead atoms. The van der Waals surface area contributed by atoms with Crippen LogP contribution in [-0.2, 0) is 13.0 Å². The second-order valence-corrected chi connectivity index (χ2v) is 5.12. The normalized spacial score (nSPS) is 10.8. The fraction of sp³-hybridized carbons (Fsp3) is 0.429. The van der Waals surface area contributed by atoms with Crippen molar-refractivity contribution in [1.82, 2.24) is 15.3 Å². The van der Waals surface area contributed by atoms with Gasteiger partial charge in [-0.05, 0) is 24.4 Å². The number of thiophene rings is 1. The van der Waals surface area contributed by atoms with Gasteiger partial charge in [0.05, 0.1) is 4.88 Å². The van der Waals surface area contributed by atoms with E-state index in [-0.39, 0.29) is 0 Å². The smallest absolute Gasteiger partial charge is 0.169 e. The Bertz CT molecular complexity index is 480. The maximum atomic E-state index is 4.72. The van der Waals surface area contributed by atoms with Crippen molar-refractivity contribution in [2.45, 2.75) is 33.2 Å². The minimum atomic E-state index is 0.855. The Kier molecular flexibility index (Phi) is 4.84. The highest BCUT2D eigenvalue weighted by atomic mass is 32.1. The number of rotatable bonds is 6. The predicted molar refractivity (Wildman–Crippen MR) is 76.7 cm³/mol. The lowest BCUT2D eigenvalue weighted by Crippen LogP contribution is -2.14. The van der Waals surface area contributed by atoms with Gasteiger partial charge in [0.1, 0.15) is 0 Å². The molecule has 2 heterocycles. The largest absolute Gasteiger partial charge is 0.313 e. The molecule has 0 unspecified atom stereocenters. The van der Waals surface area contributed by atoms with Crippen LogP contribution in [0.5, 0.6) is 0 Å². The molecular formula is C14H19N3S. The number of nitrogens with zero attached hydrogens (tertiary/aromatic N) is 2. The molecule has 2 aromatic rings. The summed E-state index contributed by atoms with van der Waals surface area (Å²) in [6, 6.07) is 4.11. The minimum Gasteiger partial charge on any atom is -0.313 e. The molecule has 0 radical (unpaired) electrons. The molecule has 0 saturated heterocycles. The van der Waals surface area contributed by atoms with E-state index in [1.807, 2.05) is 12.3 Å². The van der Waals surface area contributed by atoms with Crippen LogP contribution in [0.1, 0.15) is 31.5 Å². The average molecular weight is 261 g/mol. The maximum Gasteiger partial charge on any atom is 0.169 e. The second kappa shape index (κ2) is 6.61. The van der Waals surface area contributed by atoms with Gasteiger partial charge in [-0.1, -0.05) is 26.3 Å². The lowest BCUT2D eigenvalue weighted by molar-refractivity contribution is 0.706. The van der Waals surface area contributed by atoms with E-state index in [4.69, 9.17) is 4.98 Å².